The number of hydrogen-bond donors (Lipinski definition) is 0. The van der Waals surface area contributed by atoms with E-state index in [9.17, 15) is 26.1 Å². The molecule has 0 saturated heterocycles. The molecule has 92 valence electrons. The molecule has 0 bridgehead atoms. The van der Waals surface area contributed by atoms with Crippen LogP contribution in [0.5, 0.6) is 0 Å². The number of alkyl halides is 3. The molecule has 0 aromatic carbocycles. The molecular formula is C7H12F4O3S. The average molecular weight is 252 g/mol. The Kier molecular flexibility index (Phi) is 6.11. The molecule has 0 amide bonds. The van der Waals surface area contributed by atoms with Gasteiger partial charge in [-0.2, -0.15) is 21.6 Å². The molecule has 0 unspecified atom stereocenters. The van der Waals surface area contributed by atoms with Crippen molar-refractivity contribution in [1.82, 2.24) is 0 Å². The summed E-state index contributed by atoms with van der Waals surface area (Å²) in [5, 5.41) is 0. The van der Waals surface area contributed by atoms with Gasteiger partial charge in [-0.3, -0.25) is 0 Å². The molecule has 0 aliphatic rings. The minimum absolute atomic E-state index is 0.0416. The summed E-state index contributed by atoms with van der Waals surface area (Å²) in [6.45, 7) is 0. The number of hydrogen-bond acceptors (Lipinski definition) is 3. The number of unbranched alkanes of at least 4 members (excludes halogenated alkanes) is 3. The van der Waals surface area contributed by atoms with Crippen LogP contribution in [-0.2, 0) is 14.5 Å². The lowest BCUT2D eigenvalue weighted by atomic mass is 10.1. The van der Waals surface area contributed by atoms with Crippen molar-refractivity contribution in [1.29, 1.82) is 0 Å². The summed E-state index contributed by atoms with van der Waals surface area (Å²) in [6.07, 6.45) is -4.42. The van der Waals surface area contributed by atoms with E-state index in [1.165, 1.54) is 0 Å². The minimum atomic E-state index is -4.17. The van der Waals surface area contributed by atoms with Gasteiger partial charge in [0, 0.05) is 6.42 Å². The van der Waals surface area contributed by atoms with Crippen molar-refractivity contribution in [2.45, 2.75) is 38.3 Å². The van der Waals surface area contributed by atoms with Gasteiger partial charge < -0.3 is 0 Å². The maximum Gasteiger partial charge on any atom is 0.389 e. The molecule has 0 saturated carbocycles. The summed E-state index contributed by atoms with van der Waals surface area (Å²) in [7, 11) is -4.12. The predicted octanol–water partition coefficient (Wildman–Crippen LogP) is 2.73. The first kappa shape index (κ1) is 14.6. The Morgan fingerprint density at radius 1 is 1.00 bits per heavy atom. The molecule has 0 aliphatic heterocycles. The fourth-order valence-electron chi connectivity index (χ4n) is 0.989. The highest BCUT2D eigenvalue weighted by Gasteiger charge is 2.25. The van der Waals surface area contributed by atoms with Crippen molar-refractivity contribution in [2.24, 2.45) is 0 Å². The van der Waals surface area contributed by atoms with E-state index in [4.69, 9.17) is 0 Å². The van der Waals surface area contributed by atoms with E-state index in [-0.39, 0.29) is 19.3 Å². The smallest absolute Gasteiger partial charge is 0.197 e. The van der Waals surface area contributed by atoms with E-state index in [0.717, 1.165) is 0 Å². The maximum atomic E-state index is 11.6. The molecule has 0 N–H and O–H groups in total. The molecule has 0 aliphatic carbocycles. The second kappa shape index (κ2) is 6.26. The van der Waals surface area contributed by atoms with Crippen molar-refractivity contribution in [3.63, 3.8) is 0 Å². The van der Waals surface area contributed by atoms with Crippen molar-refractivity contribution < 1.29 is 30.5 Å². The van der Waals surface area contributed by atoms with Gasteiger partial charge in [0.25, 0.3) is 10.1 Å². The zero-order valence-corrected chi connectivity index (χ0v) is 8.70. The largest absolute Gasteiger partial charge is 0.389 e. The van der Waals surface area contributed by atoms with Crippen LogP contribution < -0.4 is 0 Å². The topological polar surface area (TPSA) is 43.4 Å². The monoisotopic (exact) mass is 252 g/mol. The summed E-state index contributed by atoms with van der Waals surface area (Å²) in [6, 6.07) is 0. The van der Waals surface area contributed by atoms with Gasteiger partial charge in [0.15, 0.2) is 0 Å². The highest BCUT2D eigenvalue weighted by molar-refractivity contribution is 7.86. The summed E-state index contributed by atoms with van der Waals surface area (Å²) in [4.78, 5) is 0. The zero-order chi connectivity index (χ0) is 11.9. The van der Waals surface area contributed by atoms with Gasteiger partial charge in [0.2, 0.25) is 0 Å². The fraction of sp³-hybridized carbons (Fsp3) is 1.00. The van der Waals surface area contributed by atoms with Gasteiger partial charge in [-0.15, -0.1) is 0 Å². The standard InChI is InChI=1S/C7H12F4O3S/c8-7(9,10)5-3-1-2-4-6-15(12,13)14-11/h1-6H2. The maximum absolute atomic E-state index is 11.6. The lowest BCUT2D eigenvalue weighted by molar-refractivity contribution is -0.135. The van der Waals surface area contributed by atoms with Crippen LogP contribution in [-0.4, -0.2) is 20.3 Å². The van der Waals surface area contributed by atoms with Crippen LogP contribution in [0.1, 0.15) is 32.1 Å². The Morgan fingerprint density at radius 2 is 1.53 bits per heavy atom. The Balaban J connectivity index is 3.42. The van der Waals surface area contributed by atoms with Crippen molar-refractivity contribution in [3.8, 4) is 0 Å². The molecule has 0 aromatic heterocycles. The SMILES string of the molecule is O=S(=O)(CCCCCCC(F)(F)F)OF. The molecule has 15 heavy (non-hydrogen) atoms. The third-order valence-electron chi connectivity index (χ3n) is 1.70. The zero-order valence-electron chi connectivity index (χ0n) is 7.89. The van der Waals surface area contributed by atoms with Gasteiger partial charge in [0.05, 0.1) is 5.75 Å². The number of rotatable bonds is 7. The highest BCUT2D eigenvalue weighted by Crippen LogP contribution is 2.22. The molecule has 8 heteroatoms. The van der Waals surface area contributed by atoms with E-state index < -0.39 is 28.5 Å². The highest BCUT2D eigenvalue weighted by atomic mass is 32.2. The van der Waals surface area contributed by atoms with Crippen LogP contribution in [0, 0.1) is 0 Å². The number of halogens is 4. The van der Waals surface area contributed by atoms with E-state index in [2.05, 4.69) is 4.39 Å². The van der Waals surface area contributed by atoms with Crippen LogP contribution in [0.15, 0.2) is 0 Å². The molecule has 0 atom stereocenters. The Bertz CT molecular complexity index is 260. The lowest BCUT2D eigenvalue weighted by Crippen LogP contribution is -2.07. The van der Waals surface area contributed by atoms with Crippen molar-refractivity contribution >= 4 is 10.1 Å². The van der Waals surface area contributed by atoms with Crippen LogP contribution in [0.3, 0.4) is 0 Å². The van der Waals surface area contributed by atoms with Crippen molar-refractivity contribution in [3.05, 3.63) is 0 Å². The van der Waals surface area contributed by atoms with Crippen LogP contribution in [0.25, 0.3) is 0 Å². The van der Waals surface area contributed by atoms with Crippen LogP contribution in [0.4, 0.5) is 17.7 Å². The van der Waals surface area contributed by atoms with Gasteiger partial charge in [-0.05, 0) is 17.4 Å². The lowest BCUT2D eigenvalue weighted by Gasteiger charge is -2.05. The quantitative estimate of drug-likeness (QED) is 0.517. The molecule has 0 fully saturated rings. The molecule has 0 aromatic rings. The van der Waals surface area contributed by atoms with E-state index >= 15 is 0 Å². The van der Waals surface area contributed by atoms with E-state index in [0.29, 0.717) is 6.42 Å². The molecule has 0 radical (unpaired) electrons. The fourth-order valence-corrected chi connectivity index (χ4v) is 1.61. The normalized spacial score (nSPS) is 13.1. The predicted molar refractivity (Wildman–Crippen MR) is 45.1 cm³/mol. The van der Waals surface area contributed by atoms with E-state index in [1.807, 2.05) is 0 Å². The Hall–Kier alpha value is -0.370. The molecule has 0 rings (SSSR count). The van der Waals surface area contributed by atoms with Gasteiger partial charge in [-0.1, -0.05) is 17.2 Å². The molecule has 0 spiro atoms. The first-order valence-corrected chi connectivity index (χ1v) is 5.94. The molecule has 3 nitrogen and oxygen atoms in total. The van der Waals surface area contributed by atoms with Gasteiger partial charge in [0.1, 0.15) is 0 Å². The average Bonchev–Trinajstić information content (AvgIpc) is 2.09. The van der Waals surface area contributed by atoms with Gasteiger partial charge >= 0.3 is 6.18 Å². The van der Waals surface area contributed by atoms with Crippen LogP contribution >= 0.6 is 0 Å². The third-order valence-corrected chi connectivity index (χ3v) is 2.68. The summed E-state index contributed by atoms with van der Waals surface area (Å²) in [5.41, 5.74) is 0. The minimum Gasteiger partial charge on any atom is -0.197 e. The second-order valence-corrected chi connectivity index (χ2v) is 4.75. The Morgan fingerprint density at radius 3 is 2.00 bits per heavy atom. The first-order chi connectivity index (χ1) is 6.77. The summed E-state index contributed by atoms with van der Waals surface area (Å²) < 4.78 is 69.7. The summed E-state index contributed by atoms with van der Waals surface area (Å²) >= 11 is 0. The first-order valence-electron chi connectivity index (χ1n) is 4.36. The molecule has 0 heterocycles. The van der Waals surface area contributed by atoms with E-state index in [1.54, 1.807) is 0 Å². The summed E-state index contributed by atoms with van der Waals surface area (Å²) in [5.74, 6) is -0.504. The van der Waals surface area contributed by atoms with Crippen molar-refractivity contribution in [2.75, 3.05) is 5.75 Å². The Labute approximate surface area is 85.4 Å². The third kappa shape index (κ3) is 9.92. The molecular weight excluding hydrogens is 240 g/mol. The second-order valence-electron chi connectivity index (χ2n) is 3.10. The van der Waals surface area contributed by atoms with Crippen LogP contribution in [0.2, 0.25) is 0 Å². The van der Waals surface area contributed by atoms with Gasteiger partial charge in [-0.25, -0.2) is 0 Å².